The van der Waals surface area contributed by atoms with Gasteiger partial charge in [0.1, 0.15) is 11.9 Å². The normalized spacial score (nSPS) is 12.6. The second kappa shape index (κ2) is 5.73. The highest BCUT2D eigenvalue weighted by atomic mass is 79.9. The van der Waals surface area contributed by atoms with Crippen LogP contribution in [-0.4, -0.2) is 19.7 Å². The summed E-state index contributed by atoms with van der Waals surface area (Å²) in [5, 5.41) is 3.70. The maximum atomic E-state index is 6.10. The molecule has 2 nitrogen and oxygen atoms in total. The largest absolute Gasteiger partial charge is 0.488 e. The van der Waals surface area contributed by atoms with Crippen molar-refractivity contribution in [1.82, 2.24) is 5.32 Å². The minimum atomic E-state index is 0.104. The van der Waals surface area contributed by atoms with Gasteiger partial charge in [-0.1, -0.05) is 27.5 Å². The molecule has 0 saturated heterocycles. The third-order valence-electron chi connectivity index (χ3n) is 2.00. The molecule has 1 unspecified atom stereocenters. The van der Waals surface area contributed by atoms with Crippen LogP contribution < -0.4 is 10.1 Å². The van der Waals surface area contributed by atoms with Crippen LogP contribution in [0.1, 0.15) is 12.5 Å². The Bertz CT molecular complexity index is 320. The van der Waals surface area contributed by atoms with Gasteiger partial charge in [0.05, 0.1) is 5.02 Å². The van der Waals surface area contributed by atoms with Crippen molar-refractivity contribution in [2.45, 2.75) is 20.0 Å². The average molecular weight is 293 g/mol. The Kier molecular flexibility index (Phi) is 4.90. The standard InChI is InChI=1S/C11H15BrClNO/c1-7-4-9(12)5-10(13)11(7)15-8(2)6-14-3/h4-5,8,14H,6H2,1-3H3. The summed E-state index contributed by atoms with van der Waals surface area (Å²) < 4.78 is 6.73. The lowest BCUT2D eigenvalue weighted by atomic mass is 10.2. The number of nitrogens with one attached hydrogen (secondary N) is 1. The quantitative estimate of drug-likeness (QED) is 0.918. The van der Waals surface area contributed by atoms with E-state index in [-0.39, 0.29) is 6.10 Å². The molecule has 1 aromatic carbocycles. The first-order valence-corrected chi connectivity index (χ1v) is 5.98. The monoisotopic (exact) mass is 291 g/mol. The van der Waals surface area contributed by atoms with Gasteiger partial charge in [0, 0.05) is 11.0 Å². The fourth-order valence-electron chi connectivity index (χ4n) is 1.37. The molecule has 4 heteroatoms. The highest BCUT2D eigenvalue weighted by Crippen LogP contribution is 2.32. The van der Waals surface area contributed by atoms with Crippen LogP contribution in [0.25, 0.3) is 0 Å². The van der Waals surface area contributed by atoms with Crippen LogP contribution in [0.15, 0.2) is 16.6 Å². The van der Waals surface area contributed by atoms with E-state index in [1.807, 2.05) is 33.0 Å². The van der Waals surface area contributed by atoms with Gasteiger partial charge in [-0.25, -0.2) is 0 Å². The average Bonchev–Trinajstić information content (AvgIpc) is 2.11. The molecular weight excluding hydrogens is 277 g/mol. The molecule has 0 aliphatic rings. The zero-order chi connectivity index (χ0) is 11.4. The summed E-state index contributed by atoms with van der Waals surface area (Å²) in [6.45, 7) is 4.79. The van der Waals surface area contributed by atoms with Crippen molar-refractivity contribution in [3.05, 3.63) is 27.2 Å². The Morgan fingerprint density at radius 1 is 1.53 bits per heavy atom. The molecule has 15 heavy (non-hydrogen) atoms. The molecule has 0 amide bonds. The minimum absolute atomic E-state index is 0.104. The third kappa shape index (κ3) is 3.67. The Hall–Kier alpha value is -0.250. The van der Waals surface area contributed by atoms with Crippen LogP contribution in [0.3, 0.4) is 0 Å². The molecule has 0 aliphatic carbocycles. The Morgan fingerprint density at radius 3 is 2.73 bits per heavy atom. The predicted molar refractivity (Wildman–Crippen MR) is 67.9 cm³/mol. The molecule has 0 spiro atoms. The van der Waals surface area contributed by atoms with E-state index >= 15 is 0 Å². The van der Waals surface area contributed by atoms with Crippen molar-refractivity contribution in [3.63, 3.8) is 0 Å². The summed E-state index contributed by atoms with van der Waals surface area (Å²) in [4.78, 5) is 0. The molecule has 0 bridgehead atoms. The van der Waals surface area contributed by atoms with E-state index in [0.29, 0.717) is 5.02 Å². The lowest BCUT2D eigenvalue weighted by Crippen LogP contribution is -2.26. The van der Waals surface area contributed by atoms with Crippen LogP contribution in [0.4, 0.5) is 0 Å². The summed E-state index contributed by atoms with van der Waals surface area (Å²) in [5.41, 5.74) is 1.04. The Labute approximate surface area is 104 Å². The number of benzene rings is 1. The molecule has 1 atom stereocenters. The van der Waals surface area contributed by atoms with E-state index in [0.717, 1.165) is 22.3 Å². The Balaban J connectivity index is 2.85. The van der Waals surface area contributed by atoms with Gasteiger partial charge in [0.2, 0.25) is 0 Å². The highest BCUT2D eigenvalue weighted by molar-refractivity contribution is 9.10. The number of rotatable bonds is 4. The first kappa shape index (κ1) is 12.8. The fourth-order valence-corrected chi connectivity index (χ4v) is 2.38. The highest BCUT2D eigenvalue weighted by Gasteiger charge is 2.10. The van der Waals surface area contributed by atoms with Crippen molar-refractivity contribution in [2.75, 3.05) is 13.6 Å². The lowest BCUT2D eigenvalue weighted by Gasteiger charge is -2.17. The number of halogens is 2. The summed E-state index contributed by atoms with van der Waals surface area (Å²) in [5.74, 6) is 0.766. The van der Waals surface area contributed by atoms with Gasteiger partial charge in [-0.2, -0.15) is 0 Å². The van der Waals surface area contributed by atoms with Gasteiger partial charge < -0.3 is 10.1 Å². The zero-order valence-corrected chi connectivity index (χ0v) is 11.4. The van der Waals surface area contributed by atoms with Crippen molar-refractivity contribution >= 4 is 27.5 Å². The van der Waals surface area contributed by atoms with Crippen molar-refractivity contribution < 1.29 is 4.74 Å². The molecule has 0 aromatic heterocycles. The molecule has 0 saturated carbocycles. The van der Waals surface area contributed by atoms with E-state index in [9.17, 15) is 0 Å². The van der Waals surface area contributed by atoms with E-state index in [4.69, 9.17) is 16.3 Å². The second-order valence-corrected chi connectivity index (χ2v) is 4.84. The molecular formula is C11H15BrClNO. The Morgan fingerprint density at radius 2 is 2.20 bits per heavy atom. The maximum Gasteiger partial charge on any atom is 0.141 e. The molecule has 1 rings (SSSR count). The van der Waals surface area contributed by atoms with Gasteiger partial charge >= 0.3 is 0 Å². The lowest BCUT2D eigenvalue weighted by molar-refractivity contribution is 0.219. The predicted octanol–water partition coefficient (Wildman–Crippen LogP) is 3.40. The summed E-state index contributed by atoms with van der Waals surface area (Å²) in [6, 6.07) is 3.84. The number of hydrogen-bond acceptors (Lipinski definition) is 2. The molecule has 0 radical (unpaired) electrons. The van der Waals surface area contributed by atoms with Crippen LogP contribution in [0, 0.1) is 6.92 Å². The molecule has 84 valence electrons. The van der Waals surface area contributed by atoms with Gasteiger partial charge in [-0.05, 0) is 38.6 Å². The van der Waals surface area contributed by atoms with Gasteiger partial charge in [-0.3, -0.25) is 0 Å². The summed E-state index contributed by atoms with van der Waals surface area (Å²) in [6.07, 6.45) is 0.104. The van der Waals surface area contributed by atoms with Gasteiger partial charge in [0.25, 0.3) is 0 Å². The number of ether oxygens (including phenoxy) is 1. The number of likely N-dealkylation sites (N-methyl/N-ethyl adjacent to an activating group) is 1. The maximum absolute atomic E-state index is 6.10. The van der Waals surface area contributed by atoms with Gasteiger partial charge in [-0.15, -0.1) is 0 Å². The van der Waals surface area contributed by atoms with Crippen molar-refractivity contribution in [1.29, 1.82) is 0 Å². The van der Waals surface area contributed by atoms with Crippen LogP contribution in [0.5, 0.6) is 5.75 Å². The van der Waals surface area contributed by atoms with E-state index in [1.54, 1.807) is 0 Å². The molecule has 1 aromatic rings. The van der Waals surface area contributed by atoms with E-state index < -0.39 is 0 Å². The summed E-state index contributed by atoms with van der Waals surface area (Å²) in [7, 11) is 1.90. The molecule has 0 heterocycles. The van der Waals surface area contributed by atoms with Crippen LogP contribution in [-0.2, 0) is 0 Å². The van der Waals surface area contributed by atoms with E-state index in [2.05, 4.69) is 21.2 Å². The third-order valence-corrected chi connectivity index (χ3v) is 2.74. The topological polar surface area (TPSA) is 21.3 Å². The van der Waals surface area contributed by atoms with Crippen molar-refractivity contribution in [2.24, 2.45) is 0 Å². The van der Waals surface area contributed by atoms with E-state index in [1.165, 1.54) is 0 Å². The first-order chi connectivity index (χ1) is 7.04. The molecule has 1 N–H and O–H groups in total. The van der Waals surface area contributed by atoms with Crippen LogP contribution >= 0.6 is 27.5 Å². The van der Waals surface area contributed by atoms with Gasteiger partial charge in [0.15, 0.2) is 0 Å². The second-order valence-electron chi connectivity index (χ2n) is 3.52. The smallest absolute Gasteiger partial charge is 0.141 e. The fraction of sp³-hybridized carbons (Fsp3) is 0.455. The van der Waals surface area contributed by atoms with Crippen molar-refractivity contribution in [3.8, 4) is 5.75 Å². The minimum Gasteiger partial charge on any atom is -0.488 e. The molecule has 0 aliphatic heterocycles. The summed E-state index contributed by atoms with van der Waals surface area (Å²) >= 11 is 9.50. The number of hydrogen-bond donors (Lipinski definition) is 1. The zero-order valence-electron chi connectivity index (χ0n) is 9.10. The number of aryl methyl sites for hydroxylation is 1. The first-order valence-electron chi connectivity index (χ1n) is 4.81. The molecule has 0 fully saturated rings. The SMILES string of the molecule is CNCC(C)Oc1c(C)cc(Br)cc1Cl. The van der Waals surface area contributed by atoms with Crippen LogP contribution in [0.2, 0.25) is 5.02 Å².